The maximum absolute atomic E-state index is 5.88. The Hall–Kier alpha value is -2.10. The summed E-state index contributed by atoms with van der Waals surface area (Å²) in [6.07, 6.45) is 0. The van der Waals surface area contributed by atoms with Crippen LogP contribution < -0.4 is 10.1 Å². The molecule has 3 heteroatoms. The highest BCUT2D eigenvalue weighted by molar-refractivity contribution is 9.10. The number of hydrogen-bond acceptors (Lipinski definition) is 2. The summed E-state index contributed by atoms with van der Waals surface area (Å²) in [6, 6.07) is 26.8. The third kappa shape index (κ3) is 4.95. The maximum Gasteiger partial charge on any atom is 0.134 e. The first-order valence-corrected chi connectivity index (χ1v) is 8.80. The first-order valence-electron chi connectivity index (χ1n) is 8.01. The van der Waals surface area contributed by atoms with Crippen LogP contribution in [0.4, 0.5) is 0 Å². The van der Waals surface area contributed by atoms with E-state index in [0.29, 0.717) is 6.61 Å². The molecule has 0 radical (unpaired) electrons. The second-order valence-corrected chi connectivity index (χ2v) is 6.48. The monoisotopic (exact) mass is 381 g/mol. The molecular formula is C21H20BrNO. The van der Waals surface area contributed by atoms with E-state index in [4.69, 9.17) is 4.74 Å². The maximum atomic E-state index is 5.88. The molecule has 3 rings (SSSR count). The molecule has 0 unspecified atom stereocenters. The van der Waals surface area contributed by atoms with Crippen LogP contribution in [0.25, 0.3) is 0 Å². The predicted octanol–water partition coefficient (Wildman–Crippen LogP) is 5.32. The molecule has 0 aromatic heterocycles. The van der Waals surface area contributed by atoms with Gasteiger partial charge in [0.15, 0.2) is 0 Å². The Morgan fingerprint density at radius 2 is 1.33 bits per heavy atom. The lowest BCUT2D eigenvalue weighted by molar-refractivity contribution is 0.304. The minimum atomic E-state index is 0.574. The van der Waals surface area contributed by atoms with Crippen LogP contribution in [0, 0.1) is 0 Å². The largest absolute Gasteiger partial charge is 0.488 e. The number of rotatable bonds is 7. The highest BCUT2D eigenvalue weighted by Gasteiger charge is 2.03. The SMILES string of the molecule is Brc1cc(CNCc2ccccc2)ccc1OCc1ccccc1. The van der Waals surface area contributed by atoms with Gasteiger partial charge in [0.1, 0.15) is 12.4 Å². The van der Waals surface area contributed by atoms with Crippen molar-refractivity contribution in [1.82, 2.24) is 5.32 Å². The normalized spacial score (nSPS) is 10.5. The first-order chi connectivity index (χ1) is 11.8. The van der Waals surface area contributed by atoms with E-state index in [1.807, 2.05) is 30.3 Å². The molecule has 3 aromatic carbocycles. The van der Waals surface area contributed by atoms with E-state index >= 15 is 0 Å². The standard InChI is InChI=1S/C21H20BrNO/c22-20-13-19(15-23-14-17-7-3-1-4-8-17)11-12-21(20)24-16-18-9-5-2-6-10-18/h1-13,23H,14-16H2. The summed E-state index contributed by atoms with van der Waals surface area (Å²) in [5, 5.41) is 3.46. The summed E-state index contributed by atoms with van der Waals surface area (Å²) in [4.78, 5) is 0. The highest BCUT2D eigenvalue weighted by Crippen LogP contribution is 2.26. The zero-order valence-corrected chi connectivity index (χ0v) is 15.0. The van der Waals surface area contributed by atoms with Crippen molar-refractivity contribution in [2.45, 2.75) is 19.7 Å². The lowest BCUT2D eigenvalue weighted by Gasteiger charge is -2.11. The Morgan fingerprint density at radius 3 is 2.00 bits per heavy atom. The second kappa shape index (κ2) is 8.67. The van der Waals surface area contributed by atoms with Gasteiger partial charge in [0.05, 0.1) is 4.47 Å². The number of benzene rings is 3. The summed E-state index contributed by atoms with van der Waals surface area (Å²) < 4.78 is 6.87. The topological polar surface area (TPSA) is 21.3 Å². The molecule has 122 valence electrons. The number of halogens is 1. The second-order valence-electron chi connectivity index (χ2n) is 5.63. The Morgan fingerprint density at radius 1 is 0.708 bits per heavy atom. The lowest BCUT2D eigenvalue weighted by Crippen LogP contribution is -2.12. The molecular weight excluding hydrogens is 362 g/mol. The van der Waals surface area contributed by atoms with E-state index in [2.05, 4.69) is 69.8 Å². The van der Waals surface area contributed by atoms with E-state index in [1.54, 1.807) is 0 Å². The van der Waals surface area contributed by atoms with Crippen LogP contribution in [0.1, 0.15) is 16.7 Å². The van der Waals surface area contributed by atoms with E-state index in [0.717, 1.165) is 28.9 Å². The van der Waals surface area contributed by atoms with E-state index < -0.39 is 0 Å². The van der Waals surface area contributed by atoms with Crippen molar-refractivity contribution in [2.24, 2.45) is 0 Å². The molecule has 0 aliphatic rings. The fourth-order valence-electron chi connectivity index (χ4n) is 2.45. The van der Waals surface area contributed by atoms with Crippen LogP contribution in [-0.2, 0) is 19.7 Å². The van der Waals surface area contributed by atoms with Gasteiger partial charge in [0.25, 0.3) is 0 Å². The average Bonchev–Trinajstić information content (AvgIpc) is 2.63. The van der Waals surface area contributed by atoms with Crippen LogP contribution in [0.5, 0.6) is 5.75 Å². The Bertz CT molecular complexity index is 759. The van der Waals surface area contributed by atoms with Crippen molar-refractivity contribution in [3.8, 4) is 5.75 Å². The minimum Gasteiger partial charge on any atom is -0.488 e. The zero-order chi connectivity index (χ0) is 16.6. The summed E-state index contributed by atoms with van der Waals surface area (Å²) >= 11 is 3.60. The molecule has 2 nitrogen and oxygen atoms in total. The Labute approximate surface area is 151 Å². The number of hydrogen-bond donors (Lipinski definition) is 1. The van der Waals surface area contributed by atoms with Crippen LogP contribution in [0.15, 0.2) is 83.3 Å². The molecule has 0 amide bonds. The molecule has 0 aliphatic carbocycles. The van der Waals surface area contributed by atoms with Gasteiger partial charge in [-0.1, -0.05) is 66.7 Å². The number of nitrogens with one attached hydrogen (secondary N) is 1. The molecule has 0 saturated heterocycles. The molecule has 0 bridgehead atoms. The molecule has 0 saturated carbocycles. The van der Waals surface area contributed by atoms with Crippen LogP contribution in [0.3, 0.4) is 0 Å². The van der Waals surface area contributed by atoms with Gasteiger partial charge in [-0.3, -0.25) is 0 Å². The molecule has 0 atom stereocenters. The Kier molecular flexibility index (Phi) is 6.05. The van der Waals surface area contributed by atoms with Crippen molar-refractivity contribution in [3.05, 3.63) is 100 Å². The van der Waals surface area contributed by atoms with Crippen molar-refractivity contribution in [3.63, 3.8) is 0 Å². The van der Waals surface area contributed by atoms with E-state index in [-0.39, 0.29) is 0 Å². The number of ether oxygens (including phenoxy) is 1. The van der Waals surface area contributed by atoms with Gasteiger partial charge in [-0.2, -0.15) is 0 Å². The molecule has 0 aliphatic heterocycles. The van der Waals surface area contributed by atoms with Crippen molar-refractivity contribution < 1.29 is 4.74 Å². The summed E-state index contributed by atoms with van der Waals surface area (Å²) in [5.74, 6) is 0.866. The van der Waals surface area contributed by atoms with Gasteiger partial charge >= 0.3 is 0 Å². The summed E-state index contributed by atoms with van der Waals surface area (Å²) in [6.45, 7) is 2.27. The van der Waals surface area contributed by atoms with Gasteiger partial charge in [-0.05, 0) is 44.8 Å². The molecule has 24 heavy (non-hydrogen) atoms. The van der Waals surface area contributed by atoms with Gasteiger partial charge < -0.3 is 10.1 Å². The molecule has 0 heterocycles. The van der Waals surface area contributed by atoms with Crippen LogP contribution in [-0.4, -0.2) is 0 Å². The highest BCUT2D eigenvalue weighted by atomic mass is 79.9. The Balaban J connectivity index is 1.52. The minimum absolute atomic E-state index is 0.574. The predicted molar refractivity (Wildman–Crippen MR) is 102 cm³/mol. The van der Waals surface area contributed by atoms with Gasteiger partial charge in [0.2, 0.25) is 0 Å². The van der Waals surface area contributed by atoms with Crippen molar-refractivity contribution >= 4 is 15.9 Å². The smallest absolute Gasteiger partial charge is 0.134 e. The summed E-state index contributed by atoms with van der Waals surface area (Å²) in [7, 11) is 0. The lowest BCUT2D eigenvalue weighted by atomic mass is 10.2. The summed E-state index contributed by atoms with van der Waals surface area (Å²) in [5.41, 5.74) is 3.68. The third-order valence-corrected chi connectivity index (χ3v) is 4.35. The molecule has 3 aromatic rings. The van der Waals surface area contributed by atoms with Gasteiger partial charge in [0, 0.05) is 13.1 Å². The fraction of sp³-hybridized carbons (Fsp3) is 0.143. The first kappa shape index (κ1) is 16.7. The molecule has 0 spiro atoms. The van der Waals surface area contributed by atoms with Crippen molar-refractivity contribution in [2.75, 3.05) is 0 Å². The zero-order valence-electron chi connectivity index (χ0n) is 13.4. The molecule has 0 fully saturated rings. The van der Waals surface area contributed by atoms with Crippen LogP contribution in [0.2, 0.25) is 0 Å². The third-order valence-electron chi connectivity index (χ3n) is 3.73. The van der Waals surface area contributed by atoms with Gasteiger partial charge in [-0.15, -0.1) is 0 Å². The van der Waals surface area contributed by atoms with Crippen molar-refractivity contribution in [1.29, 1.82) is 0 Å². The fourth-order valence-corrected chi connectivity index (χ4v) is 2.99. The van der Waals surface area contributed by atoms with E-state index in [9.17, 15) is 0 Å². The van der Waals surface area contributed by atoms with Gasteiger partial charge in [-0.25, -0.2) is 0 Å². The van der Waals surface area contributed by atoms with E-state index in [1.165, 1.54) is 11.1 Å². The van der Waals surface area contributed by atoms with Crippen LogP contribution >= 0.6 is 15.9 Å². The molecule has 1 N–H and O–H groups in total. The average molecular weight is 382 g/mol. The quantitative estimate of drug-likeness (QED) is 0.597.